The van der Waals surface area contributed by atoms with Crippen LogP contribution in [0.1, 0.15) is 81.3 Å². The van der Waals surface area contributed by atoms with Gasteiger partial charge in [0, 0.05) is 36.0 Å². The molecule has 1 aromatic heterocycles. The number of pyridine rings is 1. The number of Topliss-reactive ketones (excluding diaryl/α,β-unsaturated/α-hetero) is 1. The van der Waals surface area contributed by atoms with E-state index in [0.29, 0.717) is 72.9 Å². The van der Waals surface area contributed by atoms with Gasteiger partial charge < -0.3 is 20.1 Å². The van der Waals surface area contributed by atoms with Crippen LogP contribution >= 0.6 is 0 Å². The molecule has 1 heterocycles. The van der Waals surface area contributed by atoms with Crippen molar-refractivity contribution >= 4 is 28.7 Å². The van der Waals surface area contributed by atoms with Gasteiger partial charge in [-0.2, -0.15) is 0 Å². The van der Waals surface area contributed by atoms with Gasteiger partial charge in [0.1, 0.15) is 12.4 Å². The monoisotopic (exact) mass is 680 g/mol. The van der Waals surface area contributed by atoms with E-state index < -0.39 is 12.1 Å². The number of rotatable bonds is 18. The van der Waals surface area contributed by atoms with Crippen LogP contribution in [0.3, 0.4) is 0 Å². The lowest BCUT2D eigenvalue weighted by molar-refractivity contribution is -0.121. The number of nitrogens with zero attached hydrogens (tertiary/aromatic N) is 2. The molecule has 9 nitrogen and oxygen atoms in total. The number of hydrogen-bond donors (Lipinski definition) is 2. The Hall–Kier alpha value is -4.76. The van der Waals surface area contributed by atoms with Gasteiger partial charge in [-0.15, -0.1) is 0 Å². The van der Waals surface area contributed by atoms with Crippen molar-refractivity contribution in [2.45, 2.75) is 91.5 Å². The van der Waals surface area contributed by atoms with E-state index in [2.05, 4.69) is 43.2 Å². The smallest absolute Gasteiger partial charge is 0.407 e. The lowest BCUT2D eigenvalue weighted by Crippen LogP contribution is -2.42. The molecule has 0 aliphatic rings. The van der Waals surface area contributed by atoms with Crippen molar-refractivity contribution in [3.8, 4) is 17.0 Å². The number of ketones is 1. The summed E-state index contributed by atoms with van der Waals surface area (Å²) in [5.41, 5.74) is 4.56. The highest BCUT2D eigenvalue weighted by molar-refractivity contribution is 6.08. The highest BCUT2D eigenvalue weighted by Gasteiger charge is 2.24. The number of carbonyl (C=O) groups is 3. The number of alkyl carbamates (subject to hydrolysis) is 1. The third-order valence-corrected chi connectivity index (χ3v) is 8.91. The molecule has 0 fully saturated rings. The first-order valence-corrected chi connectivity index (χ1v) is 17.7. The molecule has 50 heavy (non-hydrogen) atoms. The van der Waals surface area contributed by atoms with Crippen LogP contribution in [0.5, 0.6) is 5.75 Å². The molecule has 266 valence electrons. The first-order chi connectivity index (χ1) is 24.1. The zero-order chi connectivity index (χ0) is 36.0. The third kappa shape index (κ3) is 10.9. The second kappa shape index (κ2) is 18.9. The van der Waals surface area contributed by atoms with Crippen LogP contribution in [-0.2, 0) is 16.1 Å². The minimum atomic E-state index is -0.669. The molecular weight excluding hydrogens is 628 g/mol. The number of para-hydroxylation sites is 1. The summed E-state index contributed by atoms with van der Waals surface area (Å²) in [5.74, 6) is 0.463. The SMILES string of the molecule is COc1ccc(-c2cc(C(=O)NC(CCCCNC(=O)OCc3ccccc3)C(=O)CCCN(C(C)C)C(C)C)c3ccccc3n2)cc1C. The Labute approximate surface area is 296 Å². The zero-order valence-corrected chi connectivity index (χ0v) is 30.3. The third-order valence-electron chi connectivity index (χ3n) is 8.91. The van der Waals surface area contributed by atoms with Crippen molar-refractivity contribution in [2.24, 2.45) is 0 Å². The molecule has 2 amide bonds. The average molecular weight is 681 g/mol. The molecule has 4 rings (SSSR count). The first kappa shape index (κ1) is 38.0. The van der Waals surface area contributed by atoms with E-state index in [4.69, 9.17) is 14.5 Å². The number of methoxy groups -OCH3 is 1. The summed E-state index contributed by atoms with van der Waals surface area (Å²) in [6.45, 7) is 12.0. The lowest BCUT2D eigenvalue weighted by Gasteiger charge is -2.30. The van der Waals surface area contributed by atoms with E-state index in [1.165, 1.54) is 0 Å². The van der Waals surface area contributed by atoms with Gasteiger partial charge >= 0.3 is 6.09 Å². The topological polar surface area (TPSA) is 110 Å². The van der Waals surface area contributed by atoms with Gasteiger partial charge in [-0.1, -0.05) is 48.5 Å². The number of unbranched alkanes of at least 4 members (excludes halogenated alkanes) is 1. The summed E-state index contributed by atoms with van der Waals surface area (Å²) in [5, 5.41) is 6.60. The number of amides is 2. The van der Waals surface area contributed by atoms with Crippen molar-refractivity contribution < 1.29 is 23.9 Å². The molecule has 0 saturated heterocycles. The summed E-state index contributed by atoms with van der Waals surface area (Å²) >= 11 is 0. The number of aromatic nitrogens is 1. The van der Waals surface area contributed by atoms with E-state index in [1.54, 1.807) is 13.2 Å². The molecule has 9 heteroatoms. The Balaban J connectivity index is 1.46. The molecular formula is C41H52N4O5. The summed E-state index contributed by atoms with van der Waals surface area (Å²) in [6, 6.07) is 24.8. The molecule has 0 aliphatic carbocycles. The Morgan fingerprint density at radius 1 is 0.860 bits per heavy atom. The highest BCUT2D eigenvalue weighted by atomic mass is 16.5. The molecule has 0 saturated carbocycles. The minimum Gasteiger partial charge on any atom is -0.496 e. The van der Waals surface area contributed by atoms with Gasteiger partial charge in [0.25, 0.3) is 5.91 Å². The summed E-state index contributed by atoms with van der Waals surface area (Å²) < 4.78 is 10.7. The predicted molar refractivity (Wildman–Crippen MR) is 199 cm³/mol. The fourth-order valence-corrected chi connectivity index (χ4v) is 6.26. The number of fused-ring (bicyclic) bond motifs is 1. The maximum absolute atomic E-state index is 14.1. The van der Waals surface area contributed by atoms with Gasteiger partial charge in [0.05, 0.1) is 29.9 Å². The number of nitrogens with one attached hydrogen (secondary N) is 2. The van der Waals surface area contributed by atoms with Crippen LogP contribution in [0.25, 0.3) is 22.2 Å². The molecule has 0 bridgehead atoms. The van der Waals surface area contributed by atoms with Crippen molar-refractivity contribution in [3.63, 3.8) is 0 Å². The van der Waals surface area contributed by atoms with E-state index in [0.717, 1.165) is 29.0 Å². The Morgan fingerprint density at radius 3 is 2.28 bits per heavy atom. The maximum Gasteiger partial charge on any atom is 0.407 e. The summed E-state index contributed by atoms with van der Waals surface area (Å²) in [6.07, 6.45) is 2.30. The first-order valence-electron chi connectivity index (χ1n) is 17.7. The van der Waals surface area contributed by atoms with Crippen LogP contribution in [0.15, 0.2) is 78.9 Å². The number of benzene rings is 3. The number of aryl methyl sites for hydroxylation is 1. The number of carbonyl (C=O) groups excluding carboxylic acids is 3. The van der Waals surface area contributed by atoms with Crippen LogP contribution in [0.2, 0.25) is 0 Å². The Morgan fingerprint density at radius 2 is 1.58 bits per heavy atom. The second-order valence-electron chi connectivity index (χ2n) is 13.3. The van der Waals surface area contributed by atoms with Crippen LogP contribution in [0, 0.1) is 6.92 Å². The number of hydrogen-bond acceptors (Lipinski definition) is 7. The quantitative estimate of drug-likeness (QED) is 0.103. The molecule has 0 spiro atoms. The molecule has 1 unspecified atom stereocenters. The molecule has 3 aromatic carbocycles. The Bertz CT molecular complexity index is 1720. The van der Waals surface area contributed by atoms with Crippen LogP contribution in [-0.4, -0.2) is 66.0 Å². The standard InChI is InChI=1S/C41H52N4O5/c1-28(2)45(29(3)4)24-14-20-38(46)36(19-12-13-23-42-41(48)50-27-31-15-8-7-9-16-31)44-40(47)34-26-37(43-35-18-11-10-17-33(34)35)32-21-22-39(49-6)30(5)25-32/h7-11,15-18,21-22,25-26,28-29,36H,12-14,19-20,23-24,27H2,1-6H3,(H,42,48)(H,44,47). The van der Waals surface area contributed by atoms with E-state index >= 15 is 0 Å². The molecule has 0 aliphatic heterocycles. The Kier molecular flexibility index (Phi) is 14.3. The number of ether oxygens (including phenoxy) is 2. The van der Waals surface area contributed by atoms with E-state index in [-0.39, 0.29) is 18.3 Å². The molecule has 2 N–H and O–H groups in total. The fourth-order valence-electron chi connectivity index (χ4n) is 6.26. The van der Waals surface area contributed by atoms with Gasteiger partial charge in [-0.25, -0.2) is 9.78 Å². The summed E-state index contributed by atoms with van der Waals surface area (Å²) in [7, 11) is 1.64. The molecule has 4 aromatic rings. The predicted octanol–water partition coefficient (Wildman–Crippen LogP) is 7.88. The van der Waals surface area contributed by atoms with Crippen molar-refractivity contribution in [2.75, 3.05) is 20.2 Å². The van der Waals surface area contributed by atoms with Gasteiger partial charge in [-0.05, 0) is 108 Å². The average Bonchev–Trinajstić information content (AvgIpc) is 3.11. The van der Waals surface area contributed by atoms with Crippen LogP contribution in [0.4, 0.5) is 4.79 Å². The normalized spacial score (nSPS) is 11.9. The second-order valence-corrected chi connectivity index (χ2v) is 13.3. The van der Waals surface area contributed by atoms with Gasteiger partial charge in [0.2, 0.25) is 0 Å². The van der Waals surface area contributed by atoms with Gasteiger partial charge in [-0.3, -0.25) is 14.5 Å². The van der Waals surface area contributed by atoms with Crippen LogP contribution < -0.4 is 15.4 Å². The van der Waals surface area contributed by atoms with Crippen molar-refractivity contribution in [3.05, 3.63) is 95.6 Å². The molecule has 0 radical (unpaired) electrons. The van der Waals surface area contributed by atoms with E-state index in [1.807, 2.05) is 79.7 Å². The maximum atomic E-state index is 14.1. The lowest BCUT2D eigenvalue weighted by atomic mass is 9.99. The molecule has 1 atom stereocenters. The van der Waals surface area contributed by atoms with Crippen molar-refractivity contribution in [1.82, 2.24) is 20.5 Å². The highest BCUT2D eigenvalue weighted by Crippen LogP contribution is 2.29. The zero-order valence-electron chi connectivity index (χ0n) is 30.3. The largest absolute Gasteiger partial charge is 0.496 e. The van der Waals surface area contributed by atoms with Gasteiger partial charge in [0.15, 0.2) is 5.78 Å². The van der Waals surface area contributed by atoms with Crippen molar-refractivity contribution in [1.29, 1.82) is 0 Å². The summed E-state index contributed by atoms with van der Waals surface area (Å²) in [4.78, 5) is 47.2. The minimum absolute atomic E-state index is 0.00501. The fraction of sp³-hybridized carbons (Fsp3) is 0.415. The van der Waals surface area contributed by atoms with E-state index in [9.17, 15) is 14.4 Å².